The summed E-state index contributed by atoms with van der Waals surface area (Å²) < 4.78 is 0. The Kier molecular flexibility index (Phi) is 4.99. The maximum atomic E-state index is 12.5. The predicted molar refractivity (Wildman–Crippen MR) is 92.8 cm³/mol. The fourth-order valence-electron chi connectivity index (χ4n) is 3.00. The monoisotopic (exact) mass is 325 g/mol. The molecule has 1 fully saturated rings. The number of carbonyl (C=O) groups excluding carboxylic acids is 2. The Morgan fingerprint density at radius 2 is 1.71 bits per heavy atom. The van der Waals surface area contributed by atoms with Crippen LogP contribution in [0.3, 0.4) is 0 Å². The Balaban J connectivity index is 1.57. The molecule has 24 heavy (non-hydrogen) atoms. The molecule has 1 aliphatic heterocycles. The van der Waals surface area contributed by atoms with Crippen molar-refractivity contribution in [3.8, 4) is 0 Å². The highest BCUT2D eigenvalue weighted by Crippen LogP contribution is 2.11. The fourth-order valence-corrected chi connectivity index (χ4v) is 3.00. The number of aryl methyl sites for hydroxylation is 1. The molecule has 0 saturated carbocycles. The third kappa shape index (κ3) is 3.85. The predicted octanol–water partition coefficient (Wildman–Crippen LogP) is 2.24. The van der Waals surface area contributed by atoms with Crippen molar-refractivity contribution in [1.82, 2.24) is 14.8 Å². The van der Waals surface area contributed by atoms with Crippen LogP contribution >= 0.6 is 0 Å². The van der Waals surface area contributed by atoms with Gasteiger partial charge in [-0.2, -0.15) is 0 Å². The van der Waals surface area contributed by atoms with Crippen LogP contribution in [0, 0.1) is 6.92 Å². The van der Waals surface area contributed by atoms with Gasteiger partial charge >= 0.3 is 0 Å². The van der Waals surface area contributed by atoms with Crippen molar-refractivity contribution in [2.45, 2.75) is 19.8 Å². The van der Waals surface area contributed by atoms with Gasteiger partial charge in [-0.15, -0.1) is 0 Å². The van der Waals surface area contributed by atoms with Crippen molar-refractivity contribution < 1.29 is 9.59 Å². The molecule has 1 N–H and O–H groups in total. The van der Waals surface area contributed by atoms with Gasteiger partial charge in [0.15, 0.2) is 0 Å². The standard InChI is InChI=1S/C19H23N3O2/c1-15-3-5-16(6-4-15)13-18(23)21-9-2-10-22(12-11-21)19(24)17-7-8-20-14-17/h3-8,14,20H,2,9-13H2,1H3. The Labute approximate surface area is 142 Å². The van der Waals surface area contributed by atoms with Gasteiger partial charge in [0.25, 0.3) is 5.91 Å². The number of nitrogens with zero attached hydrogens (tertiary/aromatic N) is 2. The van der Waals surface area contributed by atoms with Crippen molar-refractivity contribution in [3.05, 3.63) is 59.4 Å². The van der Waals surface area contributed by atoms with E-state index in [4.69, 9.17) is 0 Å². The van der Waals surface area contributed by atoms with E-state index in [-0.39, 0.29) is 11.8 Å². The third-order valence-corrected chi connectivity index (χ3v) is 4.46. The number of aromatic nitrogens is 1. The molecule has 126 valence electrons. The van der Waals surface area contributed by atoms with Crippen LogP contribution in [0.2, 0.25) is 0 Å². The summed E-state index contributed by atoms with van der Waals surface area (Å²) in [5.74, 6) is 0.166. The molecule has 1 aromatic carbocycles. The lowest BCUT2D eigenvalue weighted by molar-refractivity contribution is -0.130. The van der Waals surface area contributed by atoms with Gasteiger partial charge in [0, 0.05) is 38.6 Å². The summed E-state index contributed by atoms with van der Waals surface area (Å²) in [6.45, 7) is 4.63. The van der Waals surface area contributed by atoms with Gasteiger partial charge in [0.1, 0.15) is 0 Å². The number of nitrogens with one attached hydrogen (secondary N) is 1. The minimum Gasteiger partial charge on any atom is -0.367 e. The SMILES string of the molecule is Cc1ccc(CC(=O)N2CCCN(C(=O)c3cc[nH]c3)CC2)cc1. The van der Waals surface area contributed by atoms with Gasteiger partial charge < -0.3 is 14.8 Å². The number of hydrogen-bond acceptors (Lipinski definition) is 2. The Bertz CT molecular complexity index is 692. The average molecular weight is 325 g/mol. The van der Waals surface area contributed by atoms with Crippen LogP contribution in [0.4, 0.5) is 0 Å². The second-order valence-corrected chi connectivity index (χ2v) is 6.29. The lowest BCUT2D eigenvalue weighted by Crippen LogP contribution is -2.37. The molecule has 3 rings (SSSR count). The summed E-state index contributed by atoms with van der Waals surface area (Å²) >= 11 is 0. The van der Waals surface area contributed by atoms with Gasteiger partial charge in [0.2, 0.25) is 5.91 Å². The van der Waals surface area contributed by atoms with E-state index in [1.54, 1.807) is 18.5 Å². The van der Waals surface area contributed by atoms with E-state index in [0.717, 1.165) is 12.0 Å². The summed E-state index contributed by atoms with van der Waals surface area (Å²) in [6, 6.07) is 9.86. The molecule has 2 aromatic rings. The van der Waals surface area contributed by atoms with Gasteiger partial charge in [-0.3, -0.25) is 9.59 Å². The third-order valence-electron chi connectivity index (χ3n) is 4.46. The molecule has 5 nitrogen and oxygen atoms in total. The second-order valence-electron chi connectivity index (χ2n) is 6.29. The quantitative estimate of drug-likeness (QED) is 0.941. The topological polar surface area (TPSA) is 56.4 Å². The van der Waals surface area contributed by atoms with E-state index in [1.165, 1.54) is 5.56 Å². The molecule has 0 spiro atoms. The smallest absolute Gasteiger partial charge is 0.255 e. The number of aromatic amines is 1. The largest absolute Gasteiger partial charge is 0.367 e. The first-order chi connectivity index (χ1) is 11.6. The molecule has 1 aliphatic rings. The highest BCUT2D eigenvalue weighted by Gasteiger charge is 2.23. The van der Waals surface area contributed by atoms with Crippen LogP contribution in [-0.4, -0.2) is 52.8 Å². The number of amides is 2. The first-order valence-electron chi connectivity index (χ1n) is 8.39. The van der Waals surface area contributed by atoms with Crippen LogP contribution in [0.15, 0.2) is 42.7 Å². The summed E-state index contributed by atoms with van der Waals surface area (Å²) in [7, 11) is 0. The number of carbonyl (C=O) groups is 2. The van der Waals surface area contributed by atoms with Crippen LogP contribution in [0.1, 0.15) is 27.9 Å². The minimum absolute atomic E-state index is 0.0316. The molecule has 1 saturated heterocycles. The highest BCUT2D eigenvalue weighted by molar-refractivity contribution is 5.94. The first kappa shape index (κ1) is 16.3. The van der Waals surface area contributed by atoms with Crippen molar-refractivity contribution in [2.24, 2.45) is 0 Å². The van der Waals surface area contributed by atoms with Crippen LogP contribution in [-0.2, 0) is 11.2 Å². The van der Waals surface area contributed by atoms with Crippen molar-refractivity contribution in [3.63, 3.8) is 0 Å². The van der Waals surface area contributed by atoms with Crippen molar-refractivity contribution in [2.75, 3.05) is 26.2 Å². The number of hydrogen-bond donors (Lipinski definition) is 1. The van der Waals surface area contributed by atoms with Gasteiger partial charge in [0.05, 0.1) is 12.0 Å². The van der Waals surface area contributed by atoms with E-state index < -0.39 is 0 Å². The van der Waals surface area contributed by atoms with Gasteiger partial charge in [-0.1, -0.05) is 29.8 Å². The molecule has 0 radical (unpaired) electrons. The lowest BCUT2D eigenvalue weighted by atomic mass is 10.1. The fraction of sp³-hybridized carbons (Fsp3) is 0.368. The molecule has 1 aromatic heterocycles. The Morgan fingerprint density at radius 1 is 1.00 bits per heavy atom. The molecule has 5 heteroatoms. The maximum absolute atomic E-state index is 12.5. The summed E-state index contributed by atoms with van der Waals surface area (Å²) in [5.41, 5.74) is 2.91. The van der Waals surface area contributed by atoms with E-state index in [2.05, 4.69) is 4.98 Å². The molecule has 0 atom stereocenters. The van der Waals surface area contributed by atoms with Crippen LogP contribution < -0.4 is 0 Å². The van der Waals surface area contributed by atoms with E-state index >= 15 is 0 Å². The number of H-pyrrole nitrogens is 1. The highest BCUT2D eigenvalue weighted by atomic mass is 16.2. The normalized spacial score (nSPS) is 15.2. The second kappa shape index (κ2) is 7.34. The lowest BCUT2D eigenvalue weighted by Gasteiger charge is -2.22. The average Bonchev–Trinajstić information content (AvgIpc) is 3.00. The number of benzene rings is 1. The summed E-state index contributed by atoms with van der Waals surface area (Å²) in [5, 5.41) is 0. The minimum atomic E-state index is 0.0316. The molecule has 0 unspecified atom stereocenters. The summed E-state index contributed by atoms with van der Waals surface area (Å²) in [6.07, 6.45) is 4.71. The molecule has 0 aliphatic carbocycles. The summed E-state index contributed by atoms with van der Waals surface area (Å²) in [4.78, 5) is 31.6. The zero-order valence-electron chi connectivity index (χ0n) is 14.0. The van der Waals surface area contributed by atoms with Gasteiger partial charge in [-0.05, 0) is 25.0 Å². The Hall–Kier alpha value is -2.56. The molecular formula is C19H23N3O2. The zero-order chi connectivity index (χ0) is 16.9. The van der Waals surface area contributed by atoms with Crippen LogP contribution in [0.5, 0.6) is 0 Å². The molecule has 2 amide bonds. The van der Waals surface area contributed by atoms with Crippen molar-refractivity contribution >= 4 is 11.8 Å². The van der Waals surface area contributed by atoms with Crippen molar-refractivity contribution in [1.29, 1.82) is 0 Å². The number of rotatable bonds is 3. The first-order valence-corrected chi connectivity index (χ1v) is 8.39. The van der Waals surface area contributed by atoms with E-state index in [1.807, 2.05) is 41.0 Å². The van der Waals surface area contributed by atoms with Crippen LogP contribution in [0.25, 0.3) is 0 Å². The molecule has 0 bridgehead atoms. The zero-order valence-corrected chi connectivity index (χ0v) is 14.0. The van der Waals surface area contributed by atoms with Gasteiger partial charge in [-0.25, -0.2) is 0 Å². The maximum Gasteiger partial charge on any atom is 0.255 e. The molecular weight excluding hydrogens is 302 g/mol. The molecule has 2 heterocycles. The Morgan fingerprint density at radius 3 is 2.42 bits per heavy atom. The van der Waals surface area contributed by atoms with E-state index in [0.29, 0.717) is 38.2 Å². The van der Waals surface area contributed by atoms with E-state index in [9.17, 15) is 9.59 Å².